The van der Waals surface area contributed by atoms with Gasteiger partial charge < -0.3 is 10.6 Å². The van der Waals surface area contributed by atoms with Crippen LogP contribution in [-0.2, 0) is 11.3 Å². The van der Waals surface area contributed by atoms with Gasteiger partial charge in [-0.1, -0.05) is 49.1 Å². The zero-order valence-electron chi connectivity index (χ0n) is 11.1. The Bertz CT molecular complexity index is 368. The lowest BCUT2D eigenvalue weighted by Crippen LogP contribution is -2.37. The molecule has 2 N–H and O–H groups in total. The van der Waals surface area contributed by atoms with Crippen molar-refractivity contribution in [2.45, 2.75) is 26.2 Å². The highest BCUT2D eigenvalue weighted by molar-refractivity contribution is 6.88. The summed E-state index contributed by atoms with van der Waals surface area (Å²) in [5.41, 5.74) is 1.22. The van der Waals surface area contributed by atoms with E-state index in [0.717, 1.165) is 6.54 Å². The van der Waals surface area contributed by atoms with Gasteiger partial charge in [-0.2, -0.15) is 0 Å². The molecule has 0 aromatic heterocycles. The number of likely N-dealkylation sites (N-methyl/N-ethyl adjacent to an activating group) is 1. The Kier molecular flexibility index (Phi) is 4.90. The Morgan fingerprint density at radius 1 is 1.18 bits per heavy atom. The predicted molar refractivity (Wildman–Crippen MR) is 75.2 cm³/mol. The van der Waals surface area contributed by atoms with Crippen molar-refractivity contribution in [2.75, 3.05) is 13.6 Å². The van der Waals surface area contributed by atoms with Gasteiger partial charge in [0, 0.05) is 13.6 Å². The number of carbonyl (C=O) groups is 1. The summed E-state index contributed by atoms with van der Waals surface area (Å²) in [5, 5.41) is 7.16. The van der Waals surface area contributed by atoms with E-state index < -0.39 is 8.07 Å². The fraction of sp³-hybridized carbons (Fsp3) is 0.462. The zero-order valence-corrected chi connectivity index (χ0v) is 12.1. The van der Waals surface area contributed by atoms with Crippen molar-refractivity contribution >= 4 is 19.2 Å². The molecule has 1 rings (SSSR count). The van der Waals surface area contributed by atoms with Crippen LogP contribution in [0.2, 0.25) is 19.6 Å². The van der Waals surface area contributed by atoms with E-state index in [1.165, 1.54) is 10.8 Å². The number of amides is 1. The van der Waals surface area contributed by atoms with E-state index in [1.807, 2.05) is 0 Å². The smallest absolute Gasteiger partial charge is 0.233 e. The van der Waals surface area contributed by atoms with Crippen LogP contribution in [0.3, 0.4) is 0 Å². The van der Waals surface area contributed by atoms with Crippen LogP contribution in [0, 0.1) is 0 Å². The number of carbonyl (C=O) groups excluding carboxylic acids is 1. The molecule has 0 fully saturated rings. The van der Waals surface area contributed by atoms with Crippen LogP contribution < -0.4 is 15.8 Å². The minimum absolute atomic E-state index is 0.0173. The first-order valence-electron chi connectivity index (χ1n) is 5.94. The van der Waals surface area contributed by atoms with Gasteiger partial charge in [-0.15, -0.1) is 0 Å². The summed E-state index contributed by atoms with van der Waals surface area (Å²) in [5.74, 6) is 0.0173. The molecule has 3 nitrogen and oxygen atoms in total. The molecule has 4 heteroatoms. The molecule has 17 heavy (non-hydrogen) atoms. The van der Waals surface area contributed by atoms with Crippen LogP contribution in [0.15, 0.2) is 24.3 Å². The second kappa shape index (κ2) is 5.98. The molecule has 0 heterocycles. The Hall–Kier alpha value is -1.13. The number of benzene rings is 1. The highest BCUT2D eigenvalue weighted by Crippen LogP contribution is 2.04. The Morgan fingerprint density at radius 3 is 2.24 bits per heavy atom. The van der Waals surface area contributed by atoms with Crippen molar-refractivity contribution < 1.29 is 4.79 Å². The van der Waals surface area contributed by atoms with Crippen LogP contribution >= 0.6 is 0 Å². The predicted octanol–water partition coefficient (Wildman–Crippen LogP) is 1.07. The van der Waals surface area contributed by atoms with Crippen molar-refractivity contribution in [1.82, 2.24) is 10.6 Å². The van der Waals surface area contributed by atoms with Gasteiger partial charge >= 0.3 is 0 Å². The summed E-state index contributed by atoms with van der Waals surface area (Å²) >= 11 is 0. The van der Waals surface area contributed by atoms with Crippen LogP contribution in [0.5, 0.6) is 0 Å². The largest absolute Gasteiger partial charge is 0.358 e. The van der Waals surface area contributed by atoms with Gasteiger partial charge in [-0.25, -0.2) is 0 Å². The molecular formula is C13H22N2OSi. The zero-order chi connectivity index (χ0) is 12.9. The van der Waals surface area contributed by atoms with Crippen molar-refractivity contribution in [1.29, 1.82) is 0 Å². The van der Waals surface area contributed by atoms with Crippen molar-refractivity contribution in [2.24, 2.45) is 0 Å². The number of hydrogen-bond acceptors (Lipinski definition) is 2. The minimum Gasteiger partial charge on any atom is -0.358 e. The molecule has 0 spiro atoms. The second-order valence-corrected chi connectivity index (χ2v) is 10.3. The van der Waals surface area contributed by atoms with E-state index in [1.54, 1.807) is 7.05 Å². The Balaban J connectivity index is 2.49. The molecule has 0 bridgehead atoms. The van der Waals surface area contributed by atoms with Gasteiger partial charge in [0.15, 0.2) is 0 Å². The summed E-state index contributed by atoms with van der Waals surface area (Å²) < 4.78 is 0. The molecule has 0 saturated heterocycles. The second-order valence-electron chi connectivity index (χ2n) is 5.22. The van der Waals surface area contributed by atoms with Gasteiger partial charge in [-0.05, 0) is 5.56 Å². The highest BCUT2D eigenvalue weighted by atomic mass is 28.3. The molecule has 0 saturated carbocycles. The van der Waals surface area contributed by atoms with E-state index in [9.17, 15) is 4.79 Å². The monoisotopic (exact) mass is 250 g/mol. The standard InChI is InChI=1S/C13H22N2OSi/c1-14-13(16)10-15-9-11-5-7-12(8-6-11)17(2,3)4/h5-8,15H,9-10H2,1-4H3,(H,14,16). The molecule has 0 aliphatic carbocycles. The first-order chi connectivity index (χ1) is 7.93. The van der Waals surface area contributed by atoms with Crippen molar-refractivity contribution in [3.63, 3.8) is 0 Å². The number of nitrogens with one attached hydrogen (secondary N) is 2. The first-order valence-corrected chi connectivity index (χ1v) is 9.44. The summed E-state index contributed by atoms with van der Waals surface area (Å²) in [6.45, 7) is 8.12. The van der Waals surface area contributed by atoms with E-state index in [4.69, 9.17) is 0 Å². The maximum absolute atomic E-state index is 11.0. The number of rotatable bonds is 5. The summed E-state index contributed by atoms with van der Waals surface area (Å²) in [4.78, 5) is 11.0. The number of hydrogen-bond donors (Lipinski definition) is 2. The molecule has 0 unspecified atom stereocenters. The molecular weight excluding hydrogens is 228 g/mol. The summed E-state index contributed by atoms with van der Waals surface area (Å²) in [6.07, 6.45) is 0. The third-order valence-electron chi connectivity index (χ3n) is 2.71. The van der Waals surface area contributed by atoms with Gasteiger partial charge in [0.1, 0.15) is 0 Å². The average Bonchev–Trinajstić information content (AvgIpc) is 2.28. The van der Waals surface area contributed by atoms with Gasteiger partial charge in [0.05, 0.1) is 14.6 Å². The maximum Gasteiger partial charge on any atom is 0.233 e. The molecule has 94 valence electrons. The molecule has 0 radical (unpaired) electrons. The third kappa shape index (κ3) is 4.71. The highest BCUT2D eigenvalue weighted by Gasteiger charge is 2.15. The Morgan fingerprint density at radius 2 is 1.76 bits per heavy atom. The Labute approximate surface area is 105 Å². The van der Waals surface area contributed by atoms with Crippen molar-refractivity contribution in [3.8, 4) is 0 Å². The molecule has 0 atom stereocenters. The fourth-order valence-corrected chi connectivity index (χ4v) is 2.70. The minimum atomic E-state index is -1.20. The van der Waals surface area contributed by atoms with Gasteiger partial charge in [0.2, 0.25) is 5.91 Å². The lowest BCUT2D eigenvalue weighted by atomic mass is 10.2. The van der Waals surface area contributed by atoms with Crippen LogP contribution in [-0.4, -0.2) is 27.6 Å². The SMILES string of the molecule is CNC(=O)CNCc1ccc([Si](C)(C)C)cc1. The third-order valence-corrected chi connectivity index (χ3v) is 4.78. The topological polar surface area (TPSA) is 41.1 Å². The fourth-order valence-electron chi connectivity index (χ4n) is 1.53. The average molecular weight is 250 g/mol. The molecule has 1 aromatic rings. The lowest BCUT2D eigenvalue weighted by Gasteiger charge is -2.16. The van der Waals surface area contributed by atoms with E-state index in [2.05, 4.69) is 54.5 Å². The van der Waals surface area contributed by atoms with E-state index >= 15 is 0 Å². The van der Waals surface area contributed by atoms with Gasteiger partial charge in [0.25, 0.3) is 0 Å². The normalized spacial score (nSPS) is 11.3. The van der Waals surface area contributed by atoms with Crippen LogP contribution in [0.25, 0.3) is 0 Å². The molecule has 1 amide bonds. The van der Waals surface area contributed by atoms with E-state index in [-0.39, 0.29) is 5.91 Å². The molecule has 1 aromatic carbocycles. The maximum atomic E-state index is 11.0. The quantitative estimate of drug-likeness (QED) is 0.768. The summed E-state index contributed by atoms with van der Waals surface area (Å²) in [7, 11) is 0.450. The van der Waals surface area contributed by atoms with Crippen LogP contribution in [0.4, 0.5) is 0 Å². The molecule has 0 aliphatic rings. The van der Waals surface area contributed by atoms with E-state index in [0.29, 0.717) is 6.54 Å². The van der Waals surface area contributed by atoms with Crippen molar-refractivity contribution in [3.05, 3.63) is 29.8 Å². The van der Waals surface area contributed by atoms with Crippen LogP contribution in [0.1, 0.15) is 5.56 Å². The summed E-state index contributed by atoms with van der Waals surface area (Å²) in [6, 6.07) is 8.71. The first kappa shape index (κ1) is 13.9. The molecule has 0 aliphatic heterocycles. The van der Waals surface area contributed by atoms with Gasteiger partial charge in [-0.3, -0.25) is 4.79 Å². The lowest BCUT2D eigenvalue weighted by molar-refractivity contribution is -0.119.